The van der Waals surface area contributed by atoms with Crippen molar-refractivity contribution in [3.05, 3.63) is 51.9 Å². The molecule has 5 nitrogen and oxygen atoms in total. The average molecular weight is 441 g/mol. The van der Waals surface area contributed by atoms with Crippen LogP contribution in [0, 0.1) is 18.8 Å². The van der Waals surface area contributed by atoms with Gasteiger partial charge in [0.25, 0.3) is 10.0 Å². The van der Waals surface area contributed by atoms with E-state index in [0.717, 1.165) is 16.9 Å². The molecule has 152 valence electrons. The molecule has 1 atom stereocenters. The van der Waals surface area contributed by atoms with Crippen LogP contribution in [0.5, 0.6) is 0 Å². The quantitative estimate of drug-likeness (QED) is 0.736. The first-order valence-corrected chi connectivity index (χ1v) is 12.0. The Labute approximate surface area is 175 Å². The van der Waals surface area contributed by atoms with E-state index in [2.05, 4.69) is 11.4 Å². The average Bonchev–Trinajstić information content (AvgIpc) is 3.13. The predicted octanol–water partition coefficient (Wildman–Crippen LogP) is 4.06. The lowest BCUT2D eigenvalue weighted by Gasteiger charge is -2.33. The number of nitrogens with zero attached hydrogens (tertiary/aromatic N) is 1. The molecule has 28 heavy (non-hydrogen) atoms. The van der Waals surface area contributed by atoms with Crippen LogP contribution in [0.1, 0.15) is 30.9 Å². The summed E-state index contributed by atoms with van der Waals surface area (Å²) in [6, 6.07) is 11.2. The number of benzene rings is 1. The van der Waals surface area contributed by atoms with E-state index >= 15 is 0 Å². The van der Waals surface area contributed by atoms with E-state index in [9.17, 15) is 13.2 Å². The molecule has 0 spiro atoms. The van der Waals surface area contributed by atoms with Crippen molar-refractivity contribution >= 4 is 38.9 Å². The summed E-state index contributed by atoms with van der Waals surface area (Å²) in [7, 11) is -3.49. The van der Waals surface area contributed by atoms with Crippen LogP contribution in [0.3, 0.4) is 0 Å². The van der Waals surface area contributed by atoms with Gasteiger partial charge in [0.15, 0.2) is 0 Å². The second-order valence-corrected chi connectivity index (χ2v) is 11.2. The van der Waals surface area contributed by atoms with Gasteiger partial charge in [-0.05, 0) is 43.4 Å². The monoisotopic (exact) mass is 440 g/mol. The highest BCUT2D eigenvalue weighted by molar-refractivity contribution is 7.91. The van der Waals surface area contributed by atoms with Gasteiger partial charge in [0.05, 0.1) is 4.34 Å². The van der Waals surface area contributed by atoms with E-state index in [-0.39, 0.29) is 22.0 Å². The van der Waals surface area contributed by atoms with Crippen LogP contribution in [-0.4, -0.2) is 31.7 Å². The number of amides is 1. The third kappa shape index (κ3) is 4.95. The van der Waals surface area contributed by atoms with Gasteiger partial charge in [0, 0.05) is 25.6 Å². The molecule has 1 aliphatic heterocycles. The first-order chi connectivity index (χ1) is 13.3. The molecule has 0 aliphatic carbocycles. The maximum Gasteiger partial charge on any atom is 0.252 e. The highest BCUT2D eigenvalue weighted by Gasteiger charge is 2.34. The Morgan fingerprint density at radius 3 is 2.61 bits per heavy atom. The molecule has 1 fully saturated rings. The van der Waals surface area contributed by atoms with Gasteiger partial charge in [0.1, 0.15) is 4.21 Å². The smallest absolute Gasteiger partial charge is 0.252 e. The fraction of sp³-hybridized carbons (Fsp3) is 0.450. The van der Waals surface area contributed by atoms with E-state index in [4.69, 9.17) is 11.6 Å². The third-order valence-electron chi connectivity index (χ3n) is 5.31. The van der Waals surface area contributed by atoms with Crippen LogP contribution in [0.4, 0.5) is 0 Å². The number of carbonyl (C=O) groups excluding carboxylic acids is 1. The highest BCUT2D eigenvalue weighted by Crippen LogP contribution is 2.32. The first-order valence-electron chi connectivity index (χ1n) is 9.36. The predicted molar refractivity (Wildman–Crippen MR) is 113 cm³/mol. The normalized spacial score (nSPS) is 17.4. The molecule has 2 aromatic rings. The minimum Gasteiger partial charge on any atom is -0.352 e. The number of hydrogen-bond acceptors (Lipinski definition) is 4. The zero-order valence-electron chi connectivity index (χ0n) is 16.0. The largest absolute Gasteiger partial charge is 0.352 e. The van der Waals surface area contributed by atoms with Gasteiger partial charge in [-0.3, -0.25) is 4.79 Å². The second kappa shape index (κ2) is 8.95. The number of rotatable bonds is 6. The van der Waals surface area contributed by atoms with Crippen LogP contribution in [-0.2, 0) is 21.4 Å². The minimum absolute atomic E-state index is 0.0212. The van der Waals surface area contributed by atoms with Crippen molar-refractivity contribution in [2.45, 2.75) is 37.4 Å². The molecule has 1 aromatic carbocycles. The number of carbonyl (C=O) groups is 1. The van der Waals surface area contributed by atoms with E-state index in [1.807, 2.05) is 32.0 Å². The molecule has 2 heterocycles. The number of halogens is 1. The zero-order valence-corrected chi connectivity index (χ0v) is 18.4. The molecule has 1 amide bonds. The Morgan fingerprint density at radius 1 is 1.29 bits per heavy atom. The number of nitrogens with one attached hydrogen (secondary N) is 1. The molecule has 0 radical (unpaired) electrons. The summed E-state index contributed by atoms with van der Waals surface area (Å²) in [6.07, 6.45) is 1.36. The second-order valence-electron chi connectivity index (χ2n) is 7.30. The molecule has 1 aromatic heterocycles. The Kier molecular flexibility index (Phi) is 6.81. The van der Waals surface area contributed by atoms with Crippen LogP contribution in [0.2, 0.25) is 4.34 Å². The number of thiophene rings is 1. The summed E-state index contributed by atoms with van der Waals surface area (Å²) in [5.74, 6) is 0.0505. The fourth-order valence-corrected chi connectivity index (χ4v) is 6.67. The summed E-state index contributed by atoms with van der Waals surface area (Å²) in [4.78, 5) is 12.5. The first kappa shape index (κ1) is 21.3. The van der Waals surface area contributed by atoms with E-state index < -0.39 is 10.0 Å². The van der Waals surface area contributed by atoms with Crippen molar-refractivity contribution < 1.29 is 13.2 Å². The van der Waals surface area contributed by atoms with Crippen molar-refractivity contribution in [3.63, 3.8) is 0 Å². The molecule has 0 bridgehead atoms. The topological polar surface area (TPSA) is 66.5 Å². The van der Waals surface area contributed by atoms with Gasteiger partial charge in [-0.25, -0.2) is 8.42 Å². The molecule has 1 N–H and O–H groups in total. The van der Waals surface area contributed by atoms with E-state index in [0.29, 0.717) is 36.8 Å². The van der Waals surface area contributed by atoms with E-state index in [1.165, 1.54) is 9.87 Å². The fourth-order valence-electron chi connectivity index (χ4n) is 3.57. The van der Waals surface area contributed by atoms with Crippen molar-refractivity contribution in [2.75, 3.05) is 13.1 Å². The Hall–Kier alpha value is -1.41. The summed E-state index contributed by atoms with van der Waals surface area (Å²) >= 11 is 6.96. The summed E-state index contributed by atoms with van der Waals surface area (Å²) in [5.41, 5.74) is 2.25. The molecular formula is C20H25ClN2O3S2. The van der Waals surface area contributed by atoms with Gasteiger partial charge < -0.3 is 5.32 Å². The van der Waals surface area contributed by atoms with Gasteiger partial charge in [-0.15, -0.1) is 11.3 Å². The molecule has 3 rings (SSSR count). The van der Waals surface area contributed by atoms with E-state index in [1.54, 1.807) is 12.1 Å². The van der Waals surface area contributed by atoms with Crippen molar-refractivity contribution in [2.24, 2.45) is 11.8 Å². The minimum atomic E-state index is -3.49. The van der Waals surface area contributed by atoms with Crippen LogP contribution >= 0.6 is 22.9 Å². The lowest BCUT2D eigenvalue weighted by molar-refractivity contribution is -0.126. The van der Waals surface area contributed by atoms with Crippen molar-refractivity contribution in [1.29, 1.82) is 0 Å². The lowest BCUT2D eigenvalue weighted by atomic mass is 9.85. The number of hydrogen-bond donors (Lipinski definition) is 1. The Balaban J connectivity index is 1.53. The Bertz CT molecular complexity index is 934. The maximum absolute atomic E-state index is 12.7. The Morgan fingerprint density at radius 2 is 2.00 bits per heavy atom. The van der Waals surface area contributed by atoms with Crippen molar-refractivity contribution in [3.8, 4) is 0 Å². The molecule has 8 heteroatoms. The standard InChI is InChI=1S/C20H25ClN2O3S2/c1-14-4-3-5-16(12-14)13-22-20(24)15(2)17-8-10-23(11-9-17)28(25,26)19-7-6-18(21)27-19/h3-7,12,15,17H,8-11,13H2,1-2H3,(H,22,24)/t15-/m0/s1. The van der Waals surface area contributed by atoms with Gasteiger partial charge in [-0.2, -0.15) is 4.31 Å². The summed E-state index contributed by atoms with van der Waals surface area (Å²) in [6.45, 7) is 5.33. The molecule has 0 saturated carbocycles. The van der Waals surface area contributed by atoms with Gasteiger partial charge >= 0.3 is 0 Å². The third-order valence-corrected chi connectivity index (χ3v) is 8.91. The summed E-state index contributed by atoms with van der Waals surface area (Å²) < 4.78 is 27.6. The SMILES string of the molecule is Cc1cccc(CNC(=O)[C@@H](C)C2CCN(S(=O)(=O)c3ccc(Cl)s3)CC2)c1. The number of piperidine rings is 1. The zero-order chi connectivity index (χ0) is 20.3. The van der Waals surface area contributed by atoms with Gasteiger partial charge in [0.2, 0.25) is 5.91 Å². The molecule has 0 unspecified atom stereocenters. The highest BCUT2D eigenvalue weighted by atomic mass is 35.5. The maximum atomic E-state index is 12.7. The van der Waals surface area contributed by atoms with Gasteiger partial charge in [-0.1, -0.05) is 48.4 Å². The molecule has 1 saturated heterocycles. The molecule has 1 aliphatic rings. The van der Waals surface area contributed by atoms with Crippen LogP contribution < -0.4 is 5.32 Å². The lowest BCUT2D eigenvalue weighted by Crippen LogP contribution is -2.42. The van der Waals surface area contributed by atoms with Crippen LogP contribution in [0.15, 0.2) is 40.6 Å². The van der Waals surface area contributed by atoms with Crippen molar-refractivity contribution in [1.82, 2.24) is 9.62 Å². The molecular weight excluding hydrogens is 416 g/mol. The summed E-state index contributed by atoms with van der Waals surface area (Å²) in [5, 5.41) is 3.01. The van der Waals surface area contributed by atoms with Crippen LogP contribution in [0.25, 0.3) is 0 Å². The number of aryl methyl sites for hydroxylation is 1. The number of sulfonamides is 1.